The van der Waals surface area contributed by atoms with Gasteiger partial charge in [-0.3, -0.25) is 4.79 Å². The molecule has 0 spiro atoms. The Balaban J connectivity index is 1.64. The molecular formula is C21H20N4O. The van der Waals surface area contributed by atoms with E-state index >= 15 is 0 Å². The Kier molecular flexibility index (Phi) is 4.13. The van der Waals surface area contributed by atoms with Gasteiger partial charge in [-0.2, -0.15) is 0 Å². The molecule has 0 unspecified atom stereocenters. The maximum atomic E-state index is 12.7. The Labute approximate surface area is 152 Å². The molecule has 1 amide bonds. The number of hydrogen-bond acceptors (Lipinski definition) is 4. The van der Waals surface area contributed by atoms with E-state index in [4.69, 9.17) is 0 Å². The monoisotopic (exact) mass is 344 g/mol. The van der Waals surface area contributed by atoms with Crippen LogP contribution in [0.15, 0.2) is 54.6 Å². The molecule has 2 heterocycles. The zero-order valence-corrected chi connectivity index (χ0v) is 14.9. The summed E-state index contributed by atoms with van der Waals surface area (Å²) in [5.74, 6) is 1.12. The minimum Gasteiger partial charge on any atom is -0.326 e. The van der Waals surface area contributed by atoms with Gasteiger partial charge in [-0.05, 0) is 49.6 Å². The first kappa shape index (κ1) is 16.3. The Bertz CT molecular complexity index is 983. The maximum absolute atomic E-state index is 12.7. The molecule has 3 aromatic rings. The quantitative estimate of drug-likeness (QED) is 0.779. The minimum absolute atomic E-state index is 0.227. The van der Waals surface area contributed by atoms with E-state index < -0.39 is 0 Å². The maximum Gasteiger partial charge on any atom is 0.274 e. The summed E-state index contributed by atoms with van der Waals surface area (Å²) in [5.41, 5.74) is 4.68. The van der Waals surface area contributed by atoms with Crippen molar-refractivity contribution in [2.24, 2.45) is 0 Å². The Morgan fingerprint density at radius 1 is 1.04 bits per heavy atom. The van der Waals surface area contributed by atoms with Gasteiger partial charge >= 0.3 is 0 Å². The molecule has 0 radical (unpaired) electrons. The van der Waals surface area contributed by atoms with E-state index in [1.165, 1.54) is 5.56 Å². The van der Waals surface area contributed by atoms with Gasteiger partial charge in [0.2, 0.25) is 0 Å². The van der Waals surface area contributed by atoms with E-state index in [1.54, 1.807) is 6.07 Å². The van der Waals surface area contributed by atoms with Gasteiger partial charge in [0.25, 0.3) is 5.91 Å². The second-order valence-electron chi connectivity index (χ2n) is 6.51. The number of aryl methyl sites for hydroxylation is 2. The zero-order chi connectivity index (χ0) is 18.1. The normalized spacial score (nSPS) is 12.8. The molecule has 0 fully saturated rings. The summed E-state index contributed by atoms with van der Waals surface area (Å²) >= 11 is 0. The summed E-state index contributed by atoms with van der Waals surface area (Å²) in [5, 5.41) is 2.92. The molecule has 0 aliphatic carbocycles. The van der Waals surface area contributed by atoms with Crippen LogP contribution in [0.25, 0.3) is 0 Å². The Hall–Kier alpha value is -3.21. The van der Waals surface area contributed by atoms with Crippen molar-refractivity contribution >= 4 is 23.1 Å². The predicted octanol–water partition coefficient (Wildman–Crippen LogP) is 4.04. The molecule has 5 heteroatoms. The van der Waals surface area contributed by atoms with Crippen molar-refractivity contribution in [3.8, 4) is 0 Å². The molecule has 4 rings (SSSR count). The fourth-order valence-electron chi connectivity index (χ4n) is 3.30. The SMILES string of the molecule is Cc1cccc(NC(=O)c2cc(N3CCc4ccccc43)nc(C)n2)c1. The molecule has 1 aliphatic heterocycles. The topological polar surface area (TPSA) is 58.1 Å². The molecule has 130 valence electrons. The van der Waals surface area contributed by atoms with Gasteiger partial charge < -0.3 is 10.2 Å². The van der Waals surface area contributed by atoms with Gasteiger partial charge in [0.15, 0.2) is 0 Å². The lowest BCUT2D eigenvalue weighted by atomic mass is 10.2. The van der Waals surface area contributed by atoms with Gasteiger partial charge in [0, 0.05) is 24.0 Å². The average molecular weight is 344 g/mol. The van der Waals surface area contributed by atoms with Crippen LogP contribution < -0.4 is 10.2 Å². The van der Waals surface area contributed by atoms with Crippen LogP contribution in [0, 0.1) is 13.8 Å². The van der Waals surface area contributed by atoms with Crippen molar-refractivity contribution in [3.05, 3.63) is 77.2 Å². The second-order valence-corrected chi connectivity index (χ2v) is 6.51. The lowest BCUT2D eigenvalue weighted by Crippen LogP contribution is -2.19. The first-order valence-corrected chi connectivity index (χ1v) is 8.69. The standard InChI is InChI=1S/C21H20N4O/c1-14-6-5-8-17(12-14)24-21(26)18-13-20(23-15(2)22-18)25-11-10-16-7-3-4-9-19(16)25/h3-9,12-13H,10-11H2,1-2H3,(H,24,26). The average Bonchev–Trinajstić information content (AvgIpc) is 3.05. The lowest BCUT2D eigenvalue weighted by molar-refractivity contribution is 0.102. The predicted molar refractivity (Wildman–Crippen MR) is 103 cm³/mol. The molecule has 5 nitrogen and oxygen atoms in total. The van der Waals surface area contributed by atoms with Crippen molar-refractivity contribution in [2.45, 2.75) is 20.3 Å². The number of para-hydroxylation sites is 1. The number of fused-ring (bicyclic) bond motifs is 1. The summed E-state index contributed by atoms with van der Waals surface area (Å²) in [6, 6.07) is 17.8. The van der Waals surface area contributed by atoms with Gasteiger partial charge in [-0.15, -0.1) is 0 Å². The molecule has 0 bridgehead atoms. The first-order chi connectivity index (χ1) is 12.6. The van der Waals surface area contributed by atoms with Crippen LogP contribution in [0.5, 0.6) is 0 Å². The van der Waals surface area contributed by atoms with Crippen molar-refractivity contribution in [3.63, 3.8) is 0 Å². The summed E-state index contributed by atoms with van der Waals surface area (Å²) in [7, 11) is 0. The Morgan fingerprint density at radius 2 is 1.88 bits per heavy atom. The number of hydrogen-bond donors (Lipinski definition) is 1. The summed E-state index contributed by atoms with van der Waals surface area (Å²) in [6.07, 6.45) is 0.976. The van der Waals surface area contributed by atoms with E-state index in [2.05, 4.69) is 32.3 Å². The number of carbonyl (C=O) groups excluding carboxylic acids is 1. The van der Waals surface area contributed by atoms with E-state index in [-0.39, 0.29) is 5.91 Å². The third kappa shape index (κ3) is 3.16. The molecule has 1 aromatic heterocycles. The van der Waals surface area contributed by atoms with Gasteiger partial charge in [0.1, 0.15) is 17.3 Å². The van der Waals surface area contributed by atoms with E-state index in [0.29, 0.717) is 11.5 Å². The van der Waals surface area contributed by atoms with Crippen molar-refractivity contribution in [1.29, 1.82) is 0 Å². The van der Waals surface area contributed by atoms with E-state index in [9.17, 15) is 4.79 Å². The third-order valence-electron chi connectivity index (χ3n) is 4.50. The summed E-state index contributed by atoms with van der Waals surface area (Å²) in [6.45, 7) is 4.66. The molecule has 1 aliphatic rings. The number of rotatable bonds is 3. The highest BCUT2D eigenvalue weighted by Gasteiger charge is 2.22. The van der Waals surface area contributed by atoms with Crippen molar-refractivity contribution < 1.29 is 4.79 Å². The number of benzene rings is 2. The number of amides is 1. The van der Waals surface area contributed by atoms with Crippen LogP contribution in [0.2, 0.25) is 0 Å². The van der Waals surface area contributed by atoms with Gasteiger partial charge in [0.05, 0.1) is 0 Å². The third-order valence-corrected chi connectivity index (χ3v) is 4.50. The van der Waals surface area contributed by atoms with Gasteiger partial charge in [-0.1, -0.05) is 30.3 Å². The molecular weight excluding hydrogens is 324 g/mol. The number of anilines is 3. The highest BCUT2D eigenvalue weighted by Crippen LogP contribution is 2.33. The number of nitrogens with one attached hydrogen (secondary N) is 1. The largest absolute Gasteiger partial charge is 0.326 e. The first-order valence-electron chi connectivity index (χ1n) is 8.69. The van der Waals surface area contributed by atoms with Crippen molar-refractivity contribution in [2.75, 3.05) is 16.8 Å². The van der Waals surface area contributed by atoms with Crippen LogP contribution >= 0.6 is 0 Å². The highest BCUT2D eigenvalue weighted by atomic mass is 16.1. The van der Waals surface area contributed by atoms with E-state index in [0.717, 1.165) is 35.7 Å². The number of carbonyl (C=O) groups is 1. The molecule has 0 saturated carbocycles. The zero-order valence-electron chi connectivity index (χ0n) is 14.9. The molecule has 2 aromatic carbocycles. The molecule has 0 atom stereocenters. The van der Waals surface area contributed by atoms with Crippen LogP contribution in [-0.4, -0.2) is 22.4 Å². The number of nitrogens with zero attached hydrogens (tertiary/aromatic N) is 3. The minimum atomic E-state index is -0.227. The summed E-state index contributed by atoms with van der Waals surface area (Å²) in [4.78, 5) is 23.7. The van der Waals surface area contributed by atoms with Crippen molar-refractivity contribution in [1.82, 2.24) is 9.97 Å². The van der Waals surface area contributed by atoms with E-state index in [1.807, 2.05) is 50.2 Å². The van der Waals surface area contributed by atoms with Crippen LogP contribution in [0.4, 0.5) is 17.2 Å². The second kappa shape index (κ2) is 6.59. The molecule has 1 N–H and O–H groups in total. The van der Waals surface area contributed by atoms with Crippen LogP contribution in [0.3, 0.4) is 0 Å². The fraction of sp³-hybridized carbons (Fsp3) is 0.190. The smallest absolute Gasteiger partial charge is 0.274 e. The van der Waals surface area contributed by atoms with Gasteiger partial charge in [-0.25, -0.2) is 9.97 Å². The Morgan fingerprint density at radius 3 is 2.73 bits per heavy atom. The molecule has 0 saturated heterocycles. The summed E-state index contributed by atoms with van der Waals surface area (Å²) < 4.78 is 0. The van der Waals surface area contributed by atoms with Crippen LogP contribution in [0.1, 0.15) is 27.4 Å². The fourth-order valence-corrected chi connectivity index (χ4v) is 3.30. The molecule has 26 heavy (non-hydrogen) atoms. The number of aromatic nitrogens is 2. The van der Waals surface area contributed by atoms with Crippen LogP contribution in [-0.2, 0) is 6.42 Å². The lowest BCUT2D eigenvalue weighted by Gasteiger charge is -2.19. The highest BCUT2D eigenvalue weighted by molar-refractivity contribution is 6.03.